The molecular formula is C30H39BO12. The fourth-order valence-electron chi connectivity index (χ4n) is 4.56. The van der Waals surface area contributed by atoms with E-state index >= 15 is 0 Å². The monoisotopic (exact) mass is 602 g/mol. The summed E-state index contributed by atoms with van der Waals surface area (Å²) in [6.07, 6.45) is 0. The van der Waals surface area contributed by atoms with E-state index in [1.807, 2.05) is 20.8 Å². The quantitative estimate of drug-likeness (QED) is 0.213. The highest BCUT2D eigenvalue weighted by atomic mass is 16.7. The lowest BCUT2D eigenvalue weighted by Gasteiger charge is -2.25. The number of hydrogen-bond donors (Lipinski definition) is 0. The molecule has 0 N–H and O–H groups in total. The van der Waals surface area contributed by atoms with Crippen LogP contribution in [0.2, 0.25) is 0 Å². The van der Waals surface area contributed by atoms with Crippen molar-refractivity contribution in [2.75, 3.05) is 64.0 Å². The Morgan fingerprint density at radius 3 is 0.744 bits per heavy atom. The molecule has 0 aliphatic heterocycles. The van der Waals surface area contributed by atoms with Crippen molar-refractivity contribution in [1.29, 1.82) is 0 Å². The third-order valence-corrected chi connectivity index (χ3v) is 6.55. The third-order valence-electron chi connectivity index (χ3n) is 6.55. The van der Waals surface area contributed by atoms with Crippen molar-refractivity contribution in [2.45, 2.75) is 20.8 Å². The van der Waals surface area contributed by atoms with Gasteiger partial charge in [-0.2, -0.15) is 0 Å². The second-order valence-electron chi connectivity index (χ2n) is 9.02. The van der Waals surface area contributed by atoms with Crippen LogP contribution in [0.5, 0.6) is 69.0 Å². The lowest BCUT2D eigenvalue weighted by Crippen LogP contribution is -2.38. The van der Waals surface area contributed by atoms with Crippen LogP contribution in [0.15, 0.2) is 18.2 Å². The van der Waals surface area contributed by atoms with Crippen LogP contribution in [-0.2, 0) is 0 Å². The highest BCUT2D eigenvalue weighted by molar-refractivity contribution is 6.40. The Kier molecular flexibility index (Phi) is 11.1. The fourth-order valence-corrected chi connectivity index (χ4v) is 4.56. The first kappa shape index (κ1) is 32.8. The van der Waals surface area contributed by atoms with Crippen LogP contribution in [0.25, 0.3) is 0 Å². The predicted molar refractivity (Wildman–Crippen MR) is 160 cm³/mol. The van der Waals surface area contributed by atoms with E-state index < -0.39 is 7.32 Å². The molecule has 0 fully saturated rings. The highest BCUT2D eigenvalue weighted by Gasteiger charge is 2.38. The van der Waals surface area contributed by atoms with Crippen LogP contribution in [0, 0.1) is 20.8 Å². The lowest BCUT2D eigenvalue weighted by atomic mass is 10.1. The zero-order valence-electron chi connectivity index (χ0n) is 26.7. The summed E-state index contributed by atoms with van der Waals surface area (Å²) in [4.78, 5) is 0. The zero-order valence-corrected chi connectivity index (χ0v) is 26.7. The second kappa shape index (κ2) is 14.5. The van der Waals surface area contributed by atoms with Crippen molar-refractivity contribution >= 4 is 7.32 Å². The zero-order chi connectivity index (χ0) is 31.8. The van der Waals surface area contributed by atoms with E-state index in [2.05, 4.69) is 0 Å². The average Bonchev–Trinajstić information content (AvgIpc) is 3.01. The molecule has 0 unspecified atom stereocenters. The molecule has 3 rings (SSSR count). The molecule has 43 heavy (non-hydrogen) atoms. The molecule has 0 aromatic heterocycles. The highest BCUT2D eigenvalue weighted by Crippen LogP contribution is 2.50. The molecular weight excluding hydrogens is 563 g/mol. The molecule has 0 heterocycles. The number of hydrogen-bond acceptors (Lipinski definition) is 12. The summed E-state index contributed by atoms with van der Waals surface area (Å²) in [5.41, 5.74) is 1.95. The van der Waals surface area contributed by atoms with Crippen LogP contribution in [0.4, 0.5) is 0 Å². The number of methoxy groups -OCH3 is 9. The Hall–Kier alpha value is -4.68. The topological polar surface area (TPSA) is 111 Å². The molecule has 0 atom stereocenters. The van der Waals surface area contributed by atoms with Crippen LogP contribution in [-0.4, -0.2) is 71.3 Å². The van der Waals surface area contributed by atoms with Crippen LogP contribution in [0.3, 0.4) is 0 Å². The summed E-state index contributed by atoms with van der Waals surface area (Å²) in [6.45, 7) is 5.46. The SMILES string of the molecule is COc1cc(C)c(OB(Oc2c(C)cc(OC)c(OC)c2OC)Oc2c(C)cc(OC)c(OC)c2OC)c(OC)c1OC. The van der Waals surface area contributed by atoms with E-state index in [4.69, 9.17) is 56.6 Å². The van der Waals surface area contributed by atoms with Gasteiger partial charge in [-0.3, -0.25) is 0 Å². The molecule has 0 aliphatic rings. The third kappa shape index (κ3) is 6.40. The van der Waals surface area contributed by atoms with E-state index in [0.29, 0.717) is 51.2 Å². The van der Waals surface area contributed by atoms with Gasteiger partial charge < -0.3 is 56.6 Å². The van der Waals surface area contributed by atoms with Gasteiger partial charge in [-0.15, -0.1) is 0 Å². The average molecular weight is 602 g/mol. The molecule has 0 amide bonds. The molecule has 0 saturated heterocycles. The van der Waals surface area contributed by atoms with Gasteiger partial charge >= 0.3 is 7.32 Å². The Labute approximate surface area is 252 Å². The van der Waals surface area contributed by atoms with E-state index in [0.717, 1.165) is 0 Å². The number of aryl methyl sites for hydroxylation is 3. The summed E-state index contributed by atoms with van der Waals surface area (Å²) in [7, 11) is 12.1. The molecule has 234 valence electrons. The molecule has 0 radical (unpaired) electrons. The van der Waals surface area contributed by atoms with Crippen molar-refractivity contribution in [2.24, 2.45) is 0 Å². The van der Waals surface area contributed by atoms with Crippen molar-refractivity contribution in [3.63, 3.8) is 0 Å². The van der Waals surface area contributed by atoms with E-state index in [-0.39, 0.29) is 34.5 Å². The lowest BCUT2D eigenvalue weighted by molar-refractivity contribution is 0.264. The molecule has 0 bridgehead atoms. The predicted octanol–water partition coefficient (Wildman–Crippen LogP) is 5.21. The van der Waals surface area contributed by atoms with E-state index in [1.165, 1.54) is 64.0 Å². The second-order valence-corrected chi connectivity index (χ2v) is 9.02. The normalized spacial score (nSPS) is 10.3. The van der Waals surface area contributed by atoms with Crippen molar-refractivity contribution in [1.82, 2.24) is 0 Å². The molecule has 3 aromatic rings. The summed E-state index contributed by atoms with van der Waals surface area (Å²) in [5, 5.41) is 0. The molecule has 3 aromatic carbocycles. The smallest absolute Gasteiger partial charge is 0.493 e. The van der Waals surface area contributed by atoms with Crippen molar-refractivity contribution in [3.8, 4) is 69.0 Å². The summed E-state index contributed by atoms with van der Waals surface area (Å²) in [6, 6.07) is 5.24. The van der Waals surface area contributed by atoms with Gasteiger partial charge in [0.1, 0.15) is 0 Å². The van der Waals surface area contributed by atoms with E-state index in [1.54, 1.807) is 18.2 Å². The van der Waals surface area contributed by atoms with Gasteiger partial charge in [0, 0.05) is 0 Å². The fraction of sp³-hybridized carbons (Fsp3) is 0.400. The van der Waals surface area contributed by atoms with Crippen molar-refractivity contribution < 1.29 is 56.6 Å². The molecule has 0 aliphatic carbocycles. The minimum Gasteiger partial charge on any atom is -0.493 e. The Morgan fingerprint density at radius 1 is 0.326 bits per heavy atom. The maximum absolute atomic E-state index is 6.43. The maximum Gasteiger partial charge on any atom is 0.864 e. The number of benzene rings is 3. The molecule has 0 spiro atoms. The first-order valence-electron chi connectivity index (χ1n) is 13.1. The van der Waals surface area contributed by atoms with Gasteiger partial charge in [-0.05, 0) is 55.7 Å². The Morgan fingerprint density at radius 2 is 0.558 bits per heavy atom. The van der Waals surface area contributed by atoms with Gasteiger partial charge in [0.05, 0.1) is 64.0 Å². The summed E-state index contributed by atoms with van der Waals surface area (Å²) in [5.74, 6) is 3.97. The Balaban J connectivity index is 2.27. The van der Waals surface area contributed by atoms with Crippen molar-refractivity contribution in [3.05, 3.63) is 34.9 Å². The Bertz CT molecular complexity index is 1260. The molecule has 12 nitrogen and oxygen atoms in total. The van der Waals surface area contributed by atoms with Crippen LogP contribution >= 0.6 is 0 Å². The molecule has 13 heteroatoms. The van der Waals surface area contributed by atoms with Gasteiger partial charge in [-0.25, -0.2) is 0 Å². The summed E-state index contributed by atoms with van der Waals surface area (Å²) < 4.78 is 69.6. The van der Waals surface area contributed by atoms with Gasteiger partial charge in [0.2, 0.25) is 34.5 Å². The summed E-state index contributed by atoms with van der Waals surface area (Å²) >= 11 is 0. The number of rotatable bonds is 15. The minimum atomic E-state index is -1.46. The van der Waals surface area contributed by atoms with Gasteiger partial charge in [0.25, 0.3) is 0 Å². The first-order chi connectivity index (χ1) is 20.7. The first-order valence-corrected chi connectivity index (χ1v) is 13.1. The van der Waals surface area contributed by atoms with Crippen LogP contribution in [0.1, 0.15) is 16.7 Å². The van der Waals surface area contributed by atoms with Gasteiger partial charge in [-0.1, -0.05) is 0 Å². The van der Waals surface area contributed by atoms with Gasteiger partial charge in [0.15, 0.2) is 34.5 Å². The number of ether oxygens (including phenoxy) is 9. The largest absolute Gasteiger partial charge is 0.864 e. The van der Waals surface area contributed by atoms with E-state index in [9.17, 15) is 0 Å². The maximum atomic E-state index is 6.43. The minimum absolute atomic E-state index is 0.267. The molecule has 0 saturated carbocycles. The van der Waals surface area contributed by atoms with Crippen LogP contribution < -0.4 is 56.6 Å². The standard InChI is InChI=1S/C30H39BO12/c1-16-13-19(32-4)25(35-7)28(38-10)22(16)41-31(42-23-17(2)14-20(33-5)26(36-8)29(23)39-11)43-24-18(3)15-21(34-6)27(37-9)30(24)40-12/h13-15H,1-12H3.